The van der Waals surface area contributed by atoms with Crippen LogP contribution in [0.4, 0.5) is 4.39 Å². The largest absolute Gasteiger partial charge is 0.490 e. The molecule has 4 heterocycles. The standard InChI is InChI=1S/C31H33FN4O4/c32-25-8-11-34-18-27(25)36-31(37)20-3-1-19(2-4-20)29-16-26-30(40-29)24(7-12-35-26)21-5-6-28(22(15-21)17-33)39-23-9-13-38-14-10-23/h1-7,12,15-16,23,25,27,34H,8-11,13-14,17-18,33H2,(H,36,37)/t25-,27-/m1/s1. The van der Waals surface area contributed by atoms with Crippen molar-refractivity contribution in [3.05, 3.63) is 71.9 Å². The van der Waals surface area contributed by atoms with Gasteiger partial charge in [-0.05, 0) is 48.9 Å². The predicted octanol–water partition coefficient (Wildman–Crippen LogP) is 4.61. The molecule has 4 N–H and O–H groups in total. The first-order valence-corrected chi connectivity index (χ1v) is 13.8. The Balaban J connectivity index is 1.22. The number of aromatic nitrogens is 1. The quantitative estimate of drug-likeness (QED) is 0.312. The van der Waals surface area contributed by atoms with E-state index in [-0.39, 0.29) is 12.0 Å². The number of ether oxygens (including phenoxy) is 2. The lowest BCUT2D eigenvalue weighted by Gasteiger charge is -2.27. The SMILES string of the molecule is NCc1cc(-c2ccnc3cc(-c4ccc(C(=O)N[C@@H]5CNCC[C@H]5F)cc4)oc23)ccc1OC1CCOCC1. The first-order chi connectivity index (χ1) is 19.6. The van der Waals surface area contributed by atoms with Crippen molar-refractivity contribution >= 4 is 17.0 Å². The van der Waals surface area contributed by atoms with Gasteiger partial charge in [0.15, 0.2) is 5.58 Å². The molecule has 4 aromatic rings. The summed E-state index contributed by atoms with van der Waals surface area (Å²) < 4.78 is 32.1. The van der Waals surface area contributed by atoms with E-state index in [0.717, 1.165) is 46.4 Å². The molecule has 0 radical (unpaired) electrons. The number of piperidine rings is 1. The van der Waals surface area contributed by atoms with Crippen molar-refractivity contribution in [3.8, 4) is 28.2 Å². The van der Waals surface area contributed by atoms with Crippen LogP contribution in [0.25, 0.3) is 33.6 Å². The Bertz CT molecular complexity index is 1480. The third-order valence-electron chi connectivity index (χ3n) is 7.61. The maximum Gasteiger partial charge on any atom is 0.251 e. The molecule has 2 saturated heterocycles. The minimum absolute atomic E-state index is 0.132. The average molecular weight is 545 g/mol. The Morgan fingerprint density at radius 3 is 2.65 bits per heavy atom. The fourth-order valence-corrected chi connectivity index (χ4v) is 5.31. The lowest BCUT2D eigenvalue weighted by molar-refractivity contribution is 0.0252. The van der Waals surface area contributed by atoms with E-state index in [1.807, 2.05) is 42.5 Å². The van der Waals surface area contributed by atoms with E-state index in [1.54, 1.807) is 18.3 Å². The maximum absolute atomic E-state index is 14.1. The topological polar surface area (TPSA) is 112 Å². The highest BCUT2D eigenvalue weighted by molar-refractivity contribution is 5.95. The lowest BCUT2D eigenvalue weighted by Crippen LogP contribution is -2.52. The molecule has 2 aliphatic heterocycles. The maximum atomic E-state index is 14.1. The van der Waals surface area contributed by atoms with Crippen LogP contribution in [0.1, 0.15) is 35.2 Å². The number of rotatable bonds is 7. The van der Waals surface area contributed by atoms with Crippen LogP contribution in [0, 0.1) is 0 Å². The zero-order chi connectivity index (χ0) is 27.5. The highest BCUT2D eigenvalue weighted by Crippen LogP contribution is 2.36. The number of fused-ring (bicyclic) bond motifs is 1. The van der Waals surface area contributed by atoms with Crippen molar-refractivity contribution in [3.63, 3.8) is 0 Å². The number of carbonyl (C=O) groups is 1. The second-order valence-corrected chi connectivity index (χ2v) is 10.3. The minimum atomic E-state index is -1.04. The van der Waals surface area contributed by atoms with Crippen LogP contribution in [-0.2, 0) is 11.3 Å². The van der Waals surface area contributed by atoms with Crippen molar-refractivity contribution < 1.29 is 23.1 Å². The number of nitrogens with zero attached hydrogens (tertiary/aromatic N) is 1. The van der Waals surface area contributed by atoms with Crippen molar-refractivity contribution in [2.24, 2.45) is 5.73 Å². The van der Waals surface area contributed by atoms with Gasteiger partial charge in [-0.1, -0.05) is 18.2 Å². The predicted molar refractivity (Wildman–Crippen MR) is 151 cm³/mol. The van der Waals surface area contributed by atoms with Gasteiger partial charge in [0.2, 0.25) is 0 Å². The van der Waals surface area contributed by atoms with E-state index in [4.69, 9.17) is 19.6 Å². The van der Waals surface area contributed by atoms with Crippen LogP contribution in [0.15, 0.2) is 65.2 Å². The third-order valence-corrected chi connectivity index (χ3v) is 7.61. The molecular formula is C31H33FN4O4. The van der Waals surface area contributed by atoms with Crippen molar-refractivity contribution in [1.82, 2.24) is 15.6 Å². The summed E-state index contributed by atoms with van der Waals surface area (Å²) in [6.07, 6.45) is 2.98. The van der Waals surface area contributed by atoms with Gasteiger partial charge in [0, 0.05) is 60.4 Å². The number of pyridine rings is 1. The number of nitrogens with two attached hydrogens (primary N) is 1. The first-order valence-electron chi connectivity index (χ1n) is 13.8. The molecule has 6 rings (SSSR count). The molecule has 208 valence electrons. The molecule has 2 aliphatic rings. The molecule has 0 bridgehead atoms. The zero-order valence-corrected chi connectivity index (χ0v) is 22.2. The molecule has 8 nitrogen and oxygen atoms in total. The molecule has 40 heavy (non-hydrogen) atoms. The summed E-state index contributed by atoms with van der Waals surface area (Å²) in [7, 11) is 0. The molecule has 2 aromatic carbocycles. The fourth-order valence-electron chi connectivity index (χ4n) is 5.31. The molecule has 2 aromatic heterocycles. The molecule has 2 fully saturated rings. The van der Waals surface area contributed by atoms with Crippen molar-refractivity contribution in [1.29, 1.82) is 0 Å². The van der Waals surface area contributed by atoms with E-state index in [0.29, 0.717) is 56.2 Å². The fraction of sp³-hybridized carbons (Fsp3) is 0.355. The number of halogens is 1. The number of carbonyl (C=O) groups excluding carboxylic acids is 1. The molecule has 0 unspecified atom stereocenters. The van der Waals surface area contributed by atoms with Gasteiger partial charge < -0.3 is 30.3 Å². The highest BCUT2D eigenvalue weighted by atomic mass is 19.1. The van der Waals surface area contributed by atoms with Crippen LogP contribution in [0.3, 0.4) is 0 Å². The van der Waals surface area contributed by atoms with E-state index >= 15 is 0 Å². The minimum Gasteiger partial charge on any atom is -0.490 e. The van der Waals surface area contributed by atoms with Gasteiger partial charge in [0.25, 0.3) is 5.91 Å². The Kier molecular flexibility index (Phi) is 7.77. The summed E-state index contributed by atoms with van der Waals surface area (Å²) in [5.74, 6) is 1.15. The molecular weight excluding hydrogens is 511 g/mol. The van der Waals surface area contributed by atoms with Gasteiger partial charge in [0.05, 0.1) is 19.3 Å². The second kappa shape index (κ2) is 11.8. The van der Waals surface area contributed by atoms with Gasteiger partial charge >= 0.3 is 0 Å². The number of hydrogen-bond donors (Lipinski definition) is 3. The van der Waals surface area contributed by atoms with Crippen LogP contribution >= 0.6 is 0 Å². The summed E-state index contributed by atoms with van der Waals surface area (Å²) >= 11 is 0. The lowest BCUT2D eigenvalue weighted by atomic mass is 10.0. The third kappa shape index (κ3) is 5.58. The molecule has 9 heteroatoms. The molecule has 2 atom stereocenters. The number of hydrogen-bond acceptors (Lipinski definition) is 7. The summed E-state index contributed by atoms with van der Waals surface area (Å²) in [6, 6.07) is 16.4. The Morgan fingerprint density at radius 2 is 1.88 bits per heavy atom. The summed E-state index contributed by atoms with van der Waals surface area (Å²) in [6.45, 7) is 2.83. The van der Waals surface area contributed by atoms with E-state index in [1.165, 1.54) is 0 Å². The average Bonchev–Trinajstić information content (AvgIpc) is 3.44. The molecule has 0 spiro atoms. The first kappa shape index (κ1) is 26.4. The summed E-state index contributed by atoms with van der Waals surface area (Å²) in [5.41, 5.74) is 11.6. The number of nitrogens with one attached hydrogen (secondary N) is 2. The van der Waals surface area contributed by atoms with Gasteiger partial charge in [-0.2, -0.15) is 0 Å². The van der Waals surface area contributed by atoms with E-state index in [2.05, 4.69) is 15.6 Å². The Labute approximate surface area is 232 Å². The van der Waals surface area contributed by atoms with Crippen molar-refractivity contribution in [2.45, 2.75) is 44.1 Å². The Hall–Kier alpha value is -3.79. The monoisotopic (exact) mass is 544 g/mol. The van der Waals surface area contributed by atoms with Crippen LogP contribution in [0.2, 0.25) is 0 Å². The summed E-state index contributed by atoms with van der Waals surface area (Å²) in [5, 5.41) is 5.91. The smallest absolute Gasteiger partial charge is 0.251 e. The molecule has 1 amide bonds. The van der Waals surface area contributed by atoms with Gasteiger partial charge in [-0.25, -0.2) is 4.39 Å². The van der Waals surface area contributed by atoms with Gasteiger partial charge in [0.1, 0.15) is 29.3 Å². The summed E-state index contributed by atoms with van der Waals surface area (Å²) in [4.78, 5) is 17.2. The second-order valence-electron chi connectivity index (χ2n) is 10.3. The van der Waals surface area contributed by atoms with Crippen molar-refractivity contribution in [2.75, 3.05) is 26.3 Å². The number of alkyl halides is 1. The number of benzene rings is 2. The Morgan fingerprint density at radius 1 is 1.07 bits per heavy atom. The van der Waals surface area contributed by atoms with Gasteiger partial charge in [-0.3, -0.25) is 9.78 Å². The number of furan rings is 1. The molecule has 0 aliphatic carbocycles. The van der Waals surface area contributed by atoms with Gasteiger partial charge in [-0.15, -0.1) is 0 Å². The molecule has 0 saturated carbocycles. The highest BCUT2D eigenvalue weighted by Gasteiger charge is 2.26. The normalized spacial score (nSPS) is 19.9. The zero-order valence-electron chi connectivity index (χ0n) is 22.2. The van der Waals surface area contributed by atoms with E-state index in [9.17, 15) is 9.18 Å². The number of amides is 1. The van der Waals surface area contributed by atoms with E-state index < -0.39 is 12.2 Å². The van der Waals surface area contributed by atoms with Crippen LogP contribution in [-0.4, -0.2) is 55.5 Å². The van der Waals surface area contributed by atoms with Crippen LogP contribution in [0.5, 0.6) is 5.75 Å². The van der Waals surface area contributed by atoms with Crippen LogP contribution < -0.4 is 21.1 Å².